The Morgan fingerprint density at radius 3 is 2.88 bits per heavy atom. The molecule has 1 aliphatic rings. The number of methoxy groups -OCH3 is 1. The molecular formula is C22H24N2O2. The van der Waals surface area contributed by atoms with Gasteiger partial charge in [-0.05, 0) is 55.5 Å². The van der Waals surface area contributed by atoms with Gasteiger partial charge in [0.1, 0.15) is 5.75 Å². The predicted molar refractivity (Wildman–Crippen MR) is 104 cm³/mol. The first-order valence-electron chi connectivity index (χ1n) is 9.17. The lowest BCUT2D eigenvalue weighted by Gasteiger charge is -2.32. The number of nitrogens with zero attached hydrogens (tertiary/aromatic N) is 1. The minimum absolute atomic E-state index is 0.0547. The van der Waals surface area contributed by atoms with Crippen LogP contribution in [-0.4, -0.2) is 36.0 Å². The molecule has 4 heteroatoms. The Labute approximate surface area is 153 Å². The number of amides is 1. The fourth-order valence-corrected chi connectivity index (χ4v) is 3.90. The number of piperidine rings is 1. The fourth-order valence-electron chi connectivity index (χ4n) is 3.90. The van der Waals surface area contributed by atoms with E-state index in [0.717, 1.165) is 25.9 Å². The Kier molecular flexibility index (Phi) is 4.41. The van der Waals surface area contributed by atoms with Gasteiger partial charge in [0, 0.05) is 30.2 Å². The molecule has 1 atom stereocenters. The maximum absolute atomic E-state index is 13.0. The van der Waals surface area contributed by atoms with E-state index in [1.165, 1.54) is 22.2 Å². The highest BCUT2D eigenvalue weighted by Crippen LogP contribution is 2.31. The Morgan fingerprint density at radius 2 is 2.04 bits per heavy atom. The molecule has 0 radical (unpaired) electrons. The van der Waals surface area contributed by atoms with Crippen molar-refractivity contribution >= 4 is 16.8 Å². The van der Waals surface area contributed by atoms with Crippen LogP contribution in [0.2, 0.25) is 0 Å². The first-order valence-corrected chi connectivity index (χ1v) is 9.17. The molecule has 4 rings (SSSR count). The van der Waals surface area contributed by atoms with Crippen LogP contribution in [0.4, 0.5) is 0 Å². The van der Waals surface area contributed by atoms with E-state index < -0.39 is 0 Å². The van der Waals surface area contributed by atoms with Crippen LogP contribution in [-0.2, 0) is 0 Å². The Bertz CT molecular complexity index is 944. The van der Waals surface area contributed by atoms with Gasteiger partial charge in [0.05, 0.1) is 12.7 Å². The van der Waals surface area contributed by atoms with E-state index in [4.69, 9.17) is 4.74 Å². The van der Waals surface area contributed by atoms with Crippen molar-refractivity contribution in [3.05, 3.63) is 65.4 Å². The number of hydrogen-bond donors (Lipinski definition) is 1. The summed E-state index contributed by atoms with van der Waals surface area (Å²) in [4.78, 5) is 18.5. The fraction of sp³-hybridized carbons (Fsp3) is 0.318. The molecular weight excluding hydrogens is 324 g/mol. The summed E-state index contributed by atoms with van der Waals surface area (Å²) in [6.45, 7) is 3.65. The molecule has 3 aromatic rings. The third-order valence-electron chi connectivity index (χ3n) is 5.28. The van der Waals surface area contributed by atoms with E-state index in [2.05, 4.69) is 36.2 Å². The summed E-state index contributed by atoms with van der Waals surface area (Å²) in [5, 5.41) is 1.24. The normalized spacial score (nSPS) is 17.5. The van der Waals surface area contributed by atoms with Gasteiger partial charge in [0.2, 0.25) is 0 Å². The second-order valence-corrected chi connectivity index (χ2v) is 7.11. The number of aromatic nitrogens is 1. The van der Waals surface area contributed by atoms with Crippen molar-refractivity contribution in [3.63, 3.8) is 0 Å². The average Bonchev–Trinajstić information content (AvgIpc) is 3.10. The van der Waals surface area contributed by atoms with Gasteiger partial charge in [-0.15, -0.1) is 0 Å². The van der Waals surface area contributed by atoms with Gasteiger partial charge in [-0.25, -0.2) is 0 Å². The zero-order valence-electron chi connectivity index (χ0n) is 15.3. The Balaban J connectivity index is 1.57. The Hall–Kier alpha value is -2.75. The van der Waals surface area contributed by atoms with Gasteiger partial charge < -0.3 is 14.6 Å². The number of aryl methyl sites for hydroxylation is 1. The number of ether oxygens (including phenoxy) is 1. The molecule has 1 fully saturated rings. The number of nitrogens with one attached hydrogen (secondary N) is 1. The zero-order valence-corrected chi connectivity index (χ0v) is 15.3. The van der Waals surface area contributed by atoms with E-state index in [0.29, 0.717) is 17.2 Å². The van der Waals surface area contributed by atoms with E-state index in [9.17, 15) is 4.79 Å². The lowest BCUT2D eigenvalue weighted by molar-refractivity contribution is 0.0703. The van der Waals surface area contributed by atoms with E-state index >= 15 is 0 Å². The number of rotatable bonds is 3. The first-order chi connectivity index (χ1) is 12.7. The number of H-pyrrole nitrogens is 1. The number of aromatic amines is 1. The summed E-state index contributed by atoms with van der Waals surface area (Å²) in [6.07, 6.45) is 2.11. The lowest BCUT2D eigenvalue weighted by Crippen LogP contribution is -2.39. The minimum atomic E-state index is 0.0547. The molecule has 1 aromatic heterocycles. The van der Waals surface area contributed by atoms with E-state index in [1.54, 1.807) is 7.11 Å². The molecule has 1 N–H and O–H groups in total. The van der Waals surface area contributed by atoms with Crippen LogP contribution in [0, 0.1) is 6.92 Å². The van der Waals surface area contributed by atoms with Crippen LogP contribution < -0.4 is 4.74 Å². The quantitative estimate of drug-likeness (QED) is 0.757. The van der Waals surface area contributed by atoms with Crippen LogP contribution in [0.5, 0.6) is 5.75 Å². The number of hydrogen-bond acceptors (Lipinski definition) is 2. The molecule has 0 bridgehead atoms. The topological polar surface area (TPSA) is 45.3 Å². The largest absolute Gasteiger partial charge is 0.496 e. The summed E-state index contributed by atoms with van der Waals surface area (Å²) in [7, 11) is 1.61. The second-order valence-electron chi connectivity index (χ2n) is 7.11. The molecule has 26 heavy (non-hydrogen) atoms. The van der Waals surface area contributed by atoms with E-state index in [-0.39, 0.29) is 5.91 Å². The highest BCUT2D eigenvalue weighted by Gasteiger charge is 2.27. The summed E-state index contributed by atoms with van der Waals surface area (Å²) in [6, 6.07) is 16.2. The molecule has 4 nitrogen and oxygen atoms in total. The van der Waals surface area contributed by atoms with Gasteiger partial charge in [0.25, 0.3) is 5.91 Å². The number of carbonyl (C=O) groups is 1. The van der Waals surface area contributed by atoms with Gasteiger partial charge in [-0.2, -0.15) is 0 Å². The van der Waals surface area contributed by atoms with Gasteiger partial charge in [0.15, 0.2) is 0 Å². The molecule has 0 spiro atoms. The summed E-state index contributed by atoms with van der Waals surface area (Å²) >= 11 is 0. The third-order valence-corrected chi connectivity index (χ3v) is 5.28. The molecule has 134 valence electrons. The van der Waals surface area contributed by atoms with Crippen molar-refractivity contribution in [2.75, 3.05) is 20.2 Å². The number of para-hydroxylation sites is 1. The van der Waals surface area contributed by atoms with Gasteiger partial charge in [-0.3, -0.25) is 4.79 Å². The standard InChI is InChI=1S/C22H24N2O2/c1-15-9-10-19-17(12-15)13-20(23-19)16-6-5-11-24(14-16)22(25)18-7-3-4-8-21(18)26-2/h3-4,7-10,12-13,16,23H,5-6,11,14H2,1-2H3. The van der Waals surface area contributed by atoms with Crippen LogP contribution >= 0.6 is 0 Å². The van der Waals surface area contributed by atoms with Gasteiger partial charge >= 0.3 is 0 Å². The molecule has 0 aliphatic carbocycles. The average molecular weight is 348 g/mol. The smallest absolute Gasteiger partial charge is 0.257 e. The van der Waals surface area contributed by atoms with Crippen molar-refractivity contribution in [1.82, 2.24) is 9.88 Å². The molecule has 0 saturated carbocycles. The van der Waals surface area contributed by atoms with Crippen molar-refractivity contribution in [2.24, 2.45) is 0 Å². The molecule has 2 heterocycles. The highest BCUT2D eigenvalue weighted by molar-refractivity contribution is 5.97. The molecule has 1 aliphatic heterocycles. The van der Waals surface area contributed by atoms with Crippen LogP contribution in [0.3, 0.4) is 0 Å². The second kappa shape index (κ2) is 6.87. The van der Waals surface area contributed by atoms with E-state index in [1.807, 2.05) is 29.2 Å². The van der Waals surface area contributed by atoms with Crippen molar-refractivity contribution in [1.29, 1.82) is 0 Å². The summed E-state index contributed by atoms with van der Waals surface area (Å²) in [5.41, 5.74) is 4.30. The molecule has 1 amide bonds. The van der Waals surface area contributed by atoms with Crippen LogP contribution in [0.1, 0.15) is 40.4 Å². The number of carbonyl (C=O) groups excluding carboxylic acids is 1. The SMILES string of the molecule is COc1ccccc1C(=O)N1CCCC(c2cc3cc(C)ccc3[nH]2)C1. The van der Waals surface area contributed by atoms with Gasteiger partial charge in [-0.1, -0.05) is 23.8 Å². The van der Waals surface area contributed by atoms with Crippen LogP contribution in [0.15, 0.2) is 48.5 Å². The number of fused-ring (bicyclic) bond motifs is 1. The summed E-state index contributed by atoms with van der Waals surface area (Å²) < 4.78 is 5.37. The first kappa shape index (κ1) is 16.7. The van der Waals surface area contributed by atoms with Crippen molar-refractivity contribution < 1.29 is 9.53 Å². The summed E-state index contributed by atoms with van der Waals surface area (Å²) in [5.74, 6) is 1.04. The van der Waals surface area contributed by atoms with Crippen LogP contribution in [0.25, 0.3) is 10.9 Å². The monoisotopic (exact) mass is 348 g/mol. The maximum Gasteiger partial charge on any atom is 0.257 e. The van der Waals surface area contributed by atoms with Crippen molar-refractivity contribution in [3.8, 4) is 5.75 Å². The Morgan fingerprint density at radius 1 is 1.19 bits per heavy atom. The highest BCUT2D eigenvalue weighted by atomic mass is 16.5. The minimum Gasteiger partial charge on any atom is -0.496 e. The number of benzene rings is 2. The van der Waals surface area contributed by atoms with Crippen molar-refractivity contribution in [2.45, 2.75) is 25.7 Å². The third kappa shape index (κ3) is 3.07. The molecule has 1 saturated heterocycles. The molecule has 1 unspecified atom stereocenters. The maximum atomic E-state index is 13.0. The molecule has 2 aromatic carbocycles. The number of likely N-dealkylation sites (tertiary alicyclic amines) is 1. The zero-order chi connectivity index (χ0) is 18.1. The lowest BCUT2D eigenvalue weighted by atomic mass is 9.94. The predicted octanol–water partition coefficient (Wildman–Crippen LogP) is 4.50.